The Kier molecular flexibility index (Phi) is 8.15. The molecule has 0 radical (unpaired) electrons. The number of benzene rings is 1. The maximum Gasteiger partial charge on any atom is 0.319 e. The summed E-state index contributed by atoms with van der Waals surface area (Å²) in [5, 5.41) is 9.34. The van der Waals surface area contributed by atoms with E-state index in [1.54, 1.807) is 37.3 Å². The van der Waals surface area contributed by atoms with E-state index >= 15 is 0 Å². The van der Waals surface area contributed by atoms with Crippen molar-refractivity contribution in [1.82, 2.24) is 15.5 Å². The molecule has 1 saturated carbocycles. The molecule has 0 unspecified atom stereocenters. The van der Waals surface area contributed by atoms with Crippen LogP contribution in [0.3, 0.4) is 0 Å². The first-order chi connectivity index (χ1) is 14.9. The molecule has 3 rings (SSSR count). The first-order valence-corrected chi connectivity index (χ1v) is 11.2. The van der Waals surface area contributed by atoms with Crippen LogP contribution in [0, 0.1) is 5.92 Å². The summed E-state index contributed by atoms with van der Waals surface area (Å²) < 4.78 is 11.6. The Morgan fingerprint density at radius 1 is 1.26 bits per heavy atom. The van der Waals surface area contributed by atoms with Gasteiger partial charge >= 0.3 is 6.03 Å². The monoisotopic (exact) mass is 432 g/mol. The Bertz CT molecular complexity index is 766. The van der Waals surface area contributed by atoms with Gasteiger partial charge in [0, 0.05) is 45.0 Å². The Morgan fingerprint density at radius 3 is 2.71 bits per heavy atom. The second kappa shape index (κ2) is 10.8. The van der Waals surface area contributed by atoms with Crippen molar-refractivity contribution >= 4 is 17.6 Å². The molecule has 0 spiro atoms. The van der Waals surface area contributed by atoms with Crippen molar-refractivity contribution in [2.75, 3.05) is 39.2 Å². The predicted molar refractivity (Wildman–Crippen MR) is 121 cm³/mol. The summed E-state index contributed by atoms with van der Waals surface area (Å²) in [6.07, 6.45) is 4.24. The zero-order valence-electron chi connectivity index (χ0n) is 19.1. The van der Waals surface area contributed by atoms with E-state index in [2.05, 4.69) is 29.8 Å². The molecule has 0 bridgehead atoms. The molecule has 1 aliphatic carbocycles. The summed E-state index contributed by atoms with van der Waals surface area (Å²) in [6.45, 7) is 5.83. The Morgan fingerprint density at radius 2 is 2.00 bits per heavy atom. The van der Waals surface area contributed by atoms with Gasteiger partial charge in [-0.05, 0) is 43.9 Å². The first kappa shape index (κ1) is 23.3. The van der Waals surface area contributed by atoms with E-state index in [-0.39, 0.29) is 36.0 Å². The number of amides is 3. The van der Waals surface area contributed by atoms with E-state index in [0.29, 0.717) is 30.2 Å². The molecule has 0 aromatic heterocycles. The van der Waals surface area contributed by atoms with Crippen molar-refractivity contribution in [1.29, 1.82) is 0 Å². The maximum atomic E-state index is 13.3. The van der Waals surface area contributed by atoms with Gasteiger partial charge in [-0.1, -0.05) is 19.8 Å². The van der Waals surface area contributed by atoms with Gasteiger partial charge in [0.25, 0.3) is 5.91 Å². The number of ether oxygens (including phenoxy) is 2. The molecule has 2 aliphatic rings. The van der Waals surface area contributed by atoms with E-state index in [4.69, 9.17) is 9.47 Å². The first-order valence-electron chi connectivity index (χ1n) is 11.2. The number of carbonyl (C=O) groups is 2. The van der Waals surface area contributed by atoms with Crippen LogP contribution in [0.25, 0.3) is 0 Å². The van der Waals surface area contributed by atoms with Gasteiger partial charge in [-0.2, -0.15) is 0 Å². The van der Waals surface area contributed by atoms with Crippen LogP contribution in [0.5, 0.6) is 5.75 Å². The SMILES string of the molecule is CO[C@@H]1CN(C)C(=O)c2cc(NC(=O)NC3CCCC3)ccc2OC[C@@H](C)NC[C@H]1C. The van der Waals surface area contributed by atoms with E-state index in [1.165, 1.54) is 0 Å². The highest BCUT2D eigenvalue weighted by molar-refractivity contribution is 5.99. The second-order valence-corrected chi connectivity index (χ2v) is 8.85. The standard InChI is InChI=1S/C23H36N4O4/c1-15-12-24-16(2)14-31-20-10-9-18(26-23(29)25-17-7-5-6-8-17)11-19(20)22(28)27(3)13-21(15)30-4/h9-11,15-17,21,24H,5-8,12-14H2,1-4H3,(H2,25,26,29)/t15-,16-,21-/m1/s1. The quantitative estimate of drug-likeness (QED) is 0.683. The number of nitrogens with zero attached hydrogens (tertiary/aromatic N) is 1. The molecule has 1 aromatic carbocycles. The number of methoxy groups -OCH3 is 1. The Hall–Kier alpha value is -2.32. The van der Waals surface area contributed by atoms with Crippen molar-refractivity contribution in [3.05, 3.63) is 23.8 Å². The molecule has 3 amide bonds. The molecule has 3 N–H and O–H groups in total. The van der Waals surface area contributed by atoms with Gasteiger partial charge in [0.15, 0.2) is 0 Å². The summed E-state index contributed by atoms with van der Waals surface area (Å²) in [5.74, 6) is 0.578. The number of fused-ring (bicyclic) bond motifs is 1. The minimum absolute atomic E-state index is 0.0871. The summed E-state index contributed by atoms with van der Waals surface area (Å²) in [7, 11) is 3.44. The average molecular weight is 433 g/mol. The van der Waals surface area contributed by atoms with Crippen LogP contribution in [0.4, 0.5) is 10.5 Å². The average Bonchev–Trinajstić information content (AvgIpc) is 3.26. The summed E-state index contributed by atoms with van der Waals surface area (Å²) in [5.41, 5.74) is 0.992. The largest absolute Gasteiger partial charge is 0.491 e. The Balaban J connectivity index is 1.80. The third-order valence-electron chi connectivity index (χ3n) is 6.17. The van der Waals surface area contributed by atoms with Crippen LogP contribution in [-0.2, 0) is 4.74 Å². The summed E-state index contributed by atoms with van der Waals surface area (Å²) in [4.78, 5) is 27.3. The fourth-order valence-electron chi connectivity index (χ4n) is 4.16. The van der Waals surface area contributed by atoms with Gasteiger partial charge in [-0.3, -0.25) is 4.79 Å². The molecule has 0 saturated heterocycles. The molecule has 1 heterocycles. The third kappa shape index (κ3) is 6.33. The highest BCUT2D eigenvalue weighted by atomic mass is 16.5. The minimum Gasteiger partial charge on any atom is -0.491 e. The van der Waals surface area contributed by atoms with Crippen molar-refractivity contribution in [2.45, 2.75) is 57.7 Å². The zero-order valence-corrected chi connectivity index (χ0v) is 19.1. The van der Waals surface area contributed by atoms with Crippen LogP contribution in [0.15, 0.2) is 18.2 Å². The van der Waals surface area contributed by atoms with E-state index in [0.717, 1.165) is 32.2 Å². The van der Waals surface area contributed by atoms with Crippen LogP contribution >= 0.6 is 0 Å². The van der Waals surface area contributed by atoms with Crippen LogP contribution < -0.4 is 20.7 Å². The molecule has 8 nitrogen and oxygen atoms in total. The number of carbonyl (C=O) groups excluding carboxylic acids is 2. The molecule has 1 aliphatic heterocycles. The minimum atomic E-state index is -0.243. The van der Waals surface area contributed by atoms with Crippen LogP contribution in [0.1, 0.15) is 49.9 Å². The smallest absolute Gasteiger partial charge is 0.319 e. The third-order valence-corrected chi connectivity index (χ3v) is 6.17. The fourth-order valence-corrected chi connectivity index (χ4v) is 4.16. The van der Waals surface area contributed by atoms with Crippen molar-refractivity contribution < 1.29 is 19.1 Å². The predicted octanol–water partition coefficient (Wildman–Crippen LogP) is 2.84. The highest BCUT2D eigenvalue weighted by Crippen LogP contribution is 2.26. The van der Waals surface area contributed by atoms with Gasteiger partial charge in [-0.25, -0.2) is 4.79 Å². The number of nitrogens with one attached hydrogen (secondary N) is 3. The highest BCUT2D eigenvalue weighted by Gasteiger charge is 2.26. The summed E-state index contributed by atoms with van der Waals surface area (Å²) >= 11 is 0. The van der Waals surface area contributed by atoms with Crippen molar-refractivity contribution in [3.63, 3.8) is 0 Å². The molecule has 1 fully saturated rings. The lowest BCUT2D eigenvalue weighted by Gasteiger charge is -2.30. The van der Waals surface area contributed by atoms with Gasteiger partial charge in [0.1, 0.15) is 12.4 Å². The van der Waals surface area contributed by atoms with Crippen LogP contribution in [0.2, 0.25) is 0 Å². The normalized spacial score (nSPS) is 25.7. The molecule has 8 heteroatoms. The summed E-state index contributed by atoms with van der Waals surface area (Å²) in [6, 6.07) is 5.31. The number of hydrogen-bond acceptors (Lipinski definition) is 5. The number of urea groups is 1. The molecule has 1 aromatic rings. The van der Waals surface area contributed by atoms with E-state index in [9.17, 15) is 9.59 Å². The number of hydrogen-bond donors (Lipinski definition) is 3. The molecule has 31 heavy (non-hydrogen) atoms. The van der Waals surface area contributed by atoms with E-state index < -0.39 is 0 Å². The number of rotatable bonds is 3. The molecule has 172 valence electrons. The lowest BCUT2D eigenvalue weighted by Crippen LogP contribution is -2.44. The molecule has 3 atom stereocenters. The zero-order chi connectivity index (χ0) is 22.4. The maximum absolute atomic E-state index is 13.3. The van der Waals surface area contributed by atoms with Gasteiger partial charge in [-0.15, -0.1) is 0 Å². The van der Waals surface area contributed by atoms with E-state index in [1.807, 2.05) is 0 Å². The van der Waals surface area contributed by atoms with Gasteiger partial charge < -0.3 is 30.3 Å². The van der Waals surface area contributed by atoms with Crippen LogP contribution in [-0.4, -0.2) is 68.9 Å². The lowest BCUT2D eigenvalue weighted by atomic mass is 10.0. The van der Waals surface area contributed by atoms with Crippen molar-refractivity contribution in [2.24, 2.45) is 5.92 Å². The number of likely N-dealkylation sites (N-methyl/N-ethyl adjacent to an activating group) is 1. The van der Waals surface area contributed by atoms with Gasteiger partial charge in [0.05, 0.1) is 11.7 Å². The molecular weight excluding hydrogens is 396 g/mol. The fraction of sp³-hybridized carbons (Fsp3) is 0.652. The number of anilines is 1. The van der Waals surface area contributed by atoms with Crippen molar-refractivity contribution in [3.8, 4) is 5.75 Å². The lowest BCUT2D eigenvalue weighted by molar-refractivity contribution is 0.0281. The Labute approximate surface area is 185 Å². The van der Waals surface area contributed by atoms with Gasteiger partial charge in [0.2, 0.25) is 0 Å². The topological polar surface area (TPSA) is 91.9 Å². The molecular formula is C23H36N4O4. The second-order valence-electron chi connectivity index (χ2n) is 8.85.